The Balaban J connectivity index is 1.42. The highest BCUT2D eigenvalue weighted by molar-refractivity contribution is 6.21. The summed E-state index contributed by atoms with van der Waals surface area (Å²) in [5, 5.41) is 0.687. The third-order valence-corrected chi connectivity index (χ3v) is 8.64. The lowest BCUT2D eigenvalue weighted by Crippen LogP contribution is -1.98. The van der Waals surface area contributed by atoms with Gasteiger partial charge in [0.1, 0.15) is 5.82 Å². The third-order valence-electron chi connectivity index (χ3n) is 8.64. The Labute approximate surface area is 285 Å². The number of hydrogen-bond donors (Lipinski definition) is 0. The molecule has 0 aliphatic carbocycles. The molecule has 1 heterocycles. The second kappa shape index (κ2) is 11.3. The van der Waals surface area contributed by atoms with Crippen molar-refractivity contribution < 1.29 is 11.0 Å². The van der Waals surface area contributed by atoms with Crippen molar-refractivity contribution in [3.63, 3.8) is 0 Å². The predicted octanol–water partition coefficient (Wildman–Crippen LogP) is 12.0. The third kappa shape index (κ3) is 4.62. The first kappa shape index (κ1) is 20.0. The molecule has 0 aliphatic heterocycles. The number of rotatable bonds is 5. The number of aromatic nitrogens is 2. The molecule has 0 fully saturated rings. The summed E-state index contributed by atoms with van der Waals surface area (Å²) in [6, 6.07) is 39.5. The van der Waals surface area contributed by atoms with Gasteiger partial charge in [-0.25, -0.2) is 4.98 Å². The number of hydrogen-bond acceptors (Lipinski definition) is 1. The molecule has 0 unspecified atom stereocenters. The molecule has 1 aromatic heterocycles. The van der Waals surface area contributed by atoms with Gasteiger partial charge < -0.3 is 0 Å². The zero-order valence-corrected chi connectivity index (χ0v) is 25.1. The first-order valence-electron chi connectivity index (χ1n) is 19.4. The van der Waals surface area contributed by atoms with Gasteiger partial charge in [0.15, 0.2) is 0 Å². The first-order chi connectivity index (χ1) is 26.7. The lowest BCUT2D eigenvalue weighted by Gasteiger charge is -2.19. The highest BCUT2D eigenvalue weighted by atomic mass is 15.1. The standard InChI is InChI=1S/C45H30N2/c1-3-14-31(15-4-1)32-26-28-33(29-27-32)43-37-20-7-9-22-39(37)44(40-23-10-8-21-38(40)43)35-18-13-19-36(30-35)47-42-25-12-11-24-41(42)46-45(47)34-16-5-2-6-17-34/h1-30H/i7D,8D,9D,10D,20D,21D,22D,23D. The molecule has 47 heavy (non-hydrogen) atoms. The molecular weight excluding hydrogens is 569 g/mol. The lowest BCUT2D eigenvalue weighted by atomic mass is 9.85. The van der Waals surface area contributed by atoms with E-state index in [9.17, 15) is 5.48 Å². The summed E-state index contributed by atoms with van der Waals surface area (Å²) in [4.78, 5) is 4.99. The molecule has 0 spiro atoms. The Hall–Kier alpha value is -6.25. The van der Waals surface area contributed by atoms with Crippen LogP contribution in [0.4, 0.5) is 0 Å². The normalized spacial score (nSPS) is 13.8. The Morgan fingerprint density at radius 2 is 0.915 bits per heavy atom. The first-order valence-corrected chi connectivity index (χ1v) is 15.4. The second-order valence-electron chi connectivity index (χ2n) is 11.4. The fourth-order valence-corrected chi connectivity index (χ4v) is 6.53. The van der Waals surface area contributed by atoms with Crippen LogP contribution in [0.3, 0.4) is 0 Å². The number of benzene rings is 8. The van der Waals surface area contributed by atoms with E-state index in [2.05, 4.69) is 0 Å². The van der Waals surface area contributed by atoms with Crippen molar-refractivity contribution in [1.29, 1.82) is 0 Å². The molecule has 0 saturated carbocycles. The quantitative estimate of drug-likeness (QED) is 0.178. The summed E-state index contributed by atoms with van der Waals surface area (Å²) in [5.41, 5.74) is 6.85. The summed E-state index contributed by atoms with van der Waals surface area (Å²) in [6.45, 7) is 0. The van der Waals surface area contributed by atoms with Crippen LogP contribution in [0.25, 0.3) is 83.0 Å². The van der Waals surface area contributed by atoms with Crippen LogP contribution < -0.4 is 0 Å². The molecule has 0 atom stereocenters. The Morgan fingerprint density at radius 3 is 1.55 bits per heavy atom. The van der Waals surface area contributed by atoms with E-state index in [1.807, 2.05) is 138 Å². The van der Waals surface area contributed by atoms with Crippen LogP contribution in [0.15, 0.2) is 182 Å². The molecule has 0 radical (unpaired) electrons. The zero-order chi connectivity index (χ0) is 38.1. The molecule has 2 heteroatoms. The smallest absolute Gasteiger partial charge is 0.145 e. The zero-order valence-electron chi connectivity index (χ0n) is 33.1. The molecule has 220 valence electrons. The van der Waals surface area contributed by atoms with Gasteiger partial charge in [-0.3, -0.25) is 4.57 Å². The monoisotopic (exact) mass is 606 g/mol. The van der Waals surface area contributed by atoms with E-state index in [-0.39, 0.29) is 45.7 Å². The number of fused-ring (bicyclic) bond motifs is 3. The van der Waals surface area contributed by atoms with E-state index >= 15 is 0 Å². The molecule has 9 aromatic rings. The van der Waals surface area contributed by atoms with Gasteiger partial charge >= 0.3 is 0 Å². The van der Waals surface area contributed by atoms with Gasteiger partial charge in [-0.1, -0.05) is 158 Å². The summed E-state index contributed by atoms with van der Waals surface area (Å²) >= 11 is 0. The van der Waals surface area contributed by atoms with E-state index in [0.29, 0.717) is 33.8 Å². The maximum absolute atomic E-state index is 9.37. The topological polar surface area (TPSA) is 17.8 Å². The van der Waals surface area contributed by atoms with Crippen LogP contribution in [-0.4, -0.2) is 9.55 Å². The van der Waals surface area contributed by atoms with Crippen LogP contribution in [0, 0.1) is 0 Å². The Morgan fingerprint density at radius 1 is 0.426 bits per heavy atom. The molecule has 0 amide bonds. The number of para-hydroxylation sites is 2. The SMILES string of the molecule is [2H]c1c([2H])c([2H])c2c(-c3cccc(-n4c(-c5ccccc5)nc5ccccc54)c3)c3c([2H])c([2H])c([2H])c([2H])c3c(-c3ccc(-c4ccccc4)cc3)c2c1[2H]. The molecule has 0 aliphatic rings. The molecular formula is C45H30N2. The summed E-state index contributed by atoms with van der Waals surface area (Å²) in [5.74, 6) is 0.701. The minimum absolute atomic E-state index is 0.168. The van der Waals surface area contributed by atoms with Crippen LogP contribution >= 0.6 is 0 Å². The van der Waals surface area contributed by atoms with Gasteiger partial charge in [-0.2, -0.15) is 0 Å². The van der Waals surface area contributed by atoms with Crippen molar-refractivity contribution in [2.24, 2.45) is 0 Å². The summed E-state index contributed by atoms with van der Waals surface area (Å²) in [7, 11) is 0. The van der Waals surface area contributed by atoms with Crippen molar-refractivity contribution >= 4 is 32.6 Å². The van der Waals surface area contributed by atoms with Gasteiger partial charge in [-0.05, 0) is 79.2 Å². The molecule has 2 nitrogen and oxygen atoms in total. The maximum atomic E-state index is 9.37. The molecule has 0 N–H and O–H groups in total. The van der Waals surface area contributed by atoms with E-state index in [0.717, 1.165) is 27.7 Å². The van der Waals surface area contributed by atoms with E-state index < -0.39 is 24.2 Å². The van der Waals surface area contributed by atoms with Crippen LogP contribution in [0.5, 0.6) is 0 Å². The minimum Gasteiger partial charge on any atom is -0.292 e. The lowest BCUT2D eigenvalue weighted by molar-refractivity contribution is 1.10. The van der Waals surface area contributed by atoms with E-state index in [1.54, 1.807) is 0 Å². The van der Waals surface area contributed by atoms with Crippen molar-refractivity contribution in [3.8, 4) is 50.5 Å². The van der Waals surface area contributed by atoms with Crippen molar-refractivity contribution in [3.05, 3.63) is 182 Å². The second-order valence-corrected chi connectivity index (χ2v) is 11.4. The highest BCUT2D eigenvalue weighted by Gasteiger charge is 2.19. The number of nitrogens with zero attached hydrogens (tertiary/aromatic N) is 2. The molecule has 0 bridgehead atoms. The maximum Gasteiger partial charge on any atom is 0.145 e. The van der Waals surface area contributed by atoms with E-state index in [1.165, 1.54) is 0 Å². The fraction of sp³-hybridized carbons (Fsp3) is 0. The Bertz CT molecular complexity index is 2920. The van der Waals surface area contributed by atoms with Crippen LogP contribution in [0.1, 0.15) is 11.0 Å². The van der Waals surface area contributed by atoms with Gasteiger partial charge in [0, 0.05) is 11.3 Å². The van der Waals surface area contributed by atoms with Crippen LogP contribution in [0.2, 0.25) is 0 Å². The number of imidazole rings is 1. The molecule has 0 saturated heterocycles. The van der Waals surface area contributed by atoms with Gasteiger partial charge in [-0.15, -0.1) is 0 Å². The highest BCUT2D eigenvalue weighted by Crippen LogP contribution is 2.44. The fourth-order valence-electron chi connectivity index (χ4n) is 6.53. The molecule has 8 aromatic carbocycles. The minimum atomic E-state index is -0.438. The van der Waals surface area contributed by atoms with Gasteiger partial charge in [0.05, 0.1) is 22.0 Å². The van der Waals surface area contributed by atoms with Crippen molar-refractivity contribution in [2.45, 2.75) is 0 Å². The summed E-state index contributed by atoms with van der Waals surface area (Å²) < 4.78 is 74.6. The average Bonchev–Trinajstić information content (AvgIpc) is 3.63. The van der Waals surface area contributed by atoms with Gasteiger partial charge in [0.2, 0.25) is 0 Å². The largest absolute Gasteiger partial charge is 0.292 e. The summed E-state index contributed by atoms with van der Waals surface area (Å²) in [6.07, 6.45) is 0. The predicted molar refractivity (Wildman–Crippen MR) is 198 cm³/mol. The molecule has 9 rings (SSSR count). The van der Waals surface area contributed by atoms with Gasteiger partial charge in [0.25, 0.3) is 0 Å². The van der Waals surface area contributed by atoms with Crippen molar-refractivity contribution in [2.75, 3.05) is 0 Å². The Kier molecular flexibility index (Phi) is 4.80. The average molecular weight is 607 g/mol. The van der Waals surface area contributed by atoms with E-state index in [4.69, 9.17) is 10.5 Å². The van der Waals surface area contributed by atoms with Crippen LogP contribution in [-0.2, 0) is 0 Å². The van der Waals surface area contributed by atoms with Crippen molar-refractivity contribution in [1.82, 2.24) is 9.55 Å².